The number of rotatable bonds is 5. The minimum atomic E-state index is 0.0246. The number of aromatic nitrogens is 5. The standard InChI is InChI=1S/C13H13N5OS/c19-8-7-18-13(15-16-17-18)20-9-10-5-6-14-12-4-2-1-3-11(10)12/h1-6,19H,7-9H2. The van der Waals surface area contributed by atoms with E-state index in [2.05, 4.69) is 26.6 Å². The Hall–Kier alpha value is -1.99. The van der Waals surface area contributed by atoms with Crippen LogP contribution >= 0.6 is 11.8 Å². The van der Waals surface area contributed by atoms with Crippen LogP contribution in [0.25, 0.3) is 10.9 Å². The summed E-state index contributed by atoms with van der Waals surface area (Å²) in [5.41, 5.74) is 2.18. The van der Waals surface area contributed by atoms with Crippen molar-refractivity contribution < 1.29 is 5.11 Å². The van der Waals surface area contributed by atoms with Crippen molar-refractivity contribution in [2.75, 3.05) is 6.61 Å². The van der Waals surface area contributed by atoms with Gasteiger partial charge in [0.05, 0.1) is 18.7 Å². The quantitative estimate of drug-likeness (QED) is 0.717. The molecule has 0 unspecified atom stereocenters. The number of aliphatic hydroxyl groups excluding tert-OH is 1. The molecule has 0 aliphatic carbocycles. The van der Waals surface area contributed by atoms with Gasteiger partial charge in [0.1, 0.15) is 0 Å². The zero-order chi connectivity index (χ0) is 13.8. The molecule has 0 radical (unpaired) electrons. The predicted octanol–water partition coefficient (Wildman–Crippen LogP) is 1.51. The smallest absolute Gasteiger partial charge is 0.209 e. The molecule has 0 amide bonds. The Morgan fingerprint density at radius 1 is 1.20 bits per heavy atom. The first-order chi connectivity index (χ1) is 9.88. The number of para-hydroxylation sites is 1. The summed E-state index contributed by atoms with van der Waals surface area (Å²) >= 11 is 1.55. The summed E-state index contributed by atoms with van der Waals surface area (Å²) < 4.78 is 1.61. The summed E-state index contributed by atoms with van der Waals surface area (Å²) in [6.45, 7) is 0.434. The monoisotopic (exact) mass is 287 g/mol. The number of nitrogens with zero attached hydrogens (tertiary/aromatic N) is 5. The van der Waals surface area contributed by atoms with Gasteiger partial charge in [0, 0.05) is 17.3 Å². The third-order valence-corrected chi connectivity index (χ3v) is 3.91. The Morgan fingerprint density at radius 2 is 2.10 bits per heavy atom. The summed E-state index contributed by atoms with van der Waals surface area (Å²) in [5.74, 6) is 0.759. The van der Waals surface area contributed by atoms with Crippen molar-refractivity contribution in [3.63, 3.8) is 0 Å². The summed E-state index contributed by atoms with van der Waals surface area (Å²) in [5, 5.41) is 22.3. The number of hydrogen-bond donors (Lipinski definition) is 1. The highest BCUT2D eigenvalue weighted by molar-refractivity contribution is 7.98. The van der Waals surface area contributed by atoms with Gasteiger partial charge in [-0.3, -0.25) is 4.98 Å². The van der Waals surface area contributed by atoms with E-state index in [1.165, 1.54) is 5.56 Å². The van der Waals surface area contributed by atoms with Crippen LogP contribution in [0.1, 0.15) is 5.56 Å². The van der Waals surface area contributed by atoms with Gasteiger partial charge in [0.25, 0.3) is 0 Å². The molecule has 0 aliphatic rings. The normalized spacial score (nSPS) is 11.1. The average Bonchev–Trinajstić information content (AvgIpc) is 2.93. The third-order valence-electron chi connectivity index (χ3n) is 2.91. The molecule has 20 heavy (non-hydrogen) atoms. The fraction of sp³-hybridized carbons (Fsp3) is 0.231. The van der Waals surface area contributed by atoms with E-state index in [0.717, 1.165) is 16.7 Å². The summed E-state index contributed by atoms with van der Waals surface area (Å²) in [7, 11) is 0. The second kappa shape index (κ2) is 5.98. The highest BCUT2D eigenvalue weighted by Crippen LogP contribution is 2.24. The molecule has 2 heterocycles. The Balaban J connectivity index is 1.81. The van der Waals surface area contributed by atoms with Gasteiger partial charge in [-0.1, -0.05) is 30.0 Å². The fourth-order valence-corrected chi connectivity index (χ4v) is 2.87. The van der Waals surface area contributed by atoms with E-state index in [9.17, 15) is 0 Å². The van der Waals surface area contributed by atoms with Crippen LogP contribution in [0, 0.1) is 0 Å². The van der Waals surface area contributed by atoms with E-state index in [1.54, 1.807) is 16.4 Å². The lowest BCUT2D eigenvalue weighted by atomic mass is 10.1. The zero-order valence-electron chi connectivity index (χ0n) is 10.7. The molecule has 0 aliphatic heterocycles. The first kappa shape index (κ1) is 13.0. The summed E-state index contributed by atoms with van der Waals surface area (Å²) in [6.07, 6.45) is 1.81. The maximum Gasteiger partial charge on any atom is 0.209 e. The summed E-state index contributed by atoms with van der Waals surface area (Å²) in [4.78, 5) is 4.35. The largest absolute Gasteiger partial charge is 0.394 e. The molecule has 0 saturated heterocycles. The fourth-order valence-electron chi connectivity index (χ4n) is 1.96. The molecular weight excluding hydrogens is 274 g/mol. The van der Waals surface area contributed by atoms with E-state index >= 15 is 0 Å². The van der Waals surface area contributed by atoms with Crippen molar-refractivity contribution in [2.45, 2.75) is 17.5 Å². The molecule has 6 nitrogen and oxygen atoms in total. The number of aliphatic hydroxyl groups is 1. The number of hydrogen-bond acceptors (Lipinski definition) is 6. The highest BCUT2D eigenvalue weighted by atomic mass is 32.2. The van der Waals surface area contributed by atoms with Crippen molar-refractivity contribution in [1.29, 1.82) is 0 Å². The molecule has 2 aromatic heterocycles. The first-order valence-electron chi connectivity index (χ1n) is 6.21. The van der Waals surface area contributed by atoms with Crippen LogP contribution in [-0.4, -0.2) is 36.9 Å². The second-order valence-electron chi connectivity index (χ2n) is 4.18. The van der Waals surface area contributed by atoms with Gasteiger partial charge in [0.15, 0.2) is 0 Å². The number of tetrazole rings is 1. The lowest BCUT2D eigenvalue weighted by Gasteiger charge is -2.05. The van der Waals surface area contributed by atoms with Crippen LogP contribution in [0.2, 0.25) is 0 Å². The van der Waals surface area contributed by atoms with Crippen LogP contribution < -0.4 is 0 Å². The molecule has 0 atom stereocenters. The van der Waals surface area contributed by atoms with E-state index in [-0.39, 0.29) is 6.61 Å². The molecular formula is C13H13N5OS. The van der Waals surface area contributed by atoms with E-state index in [0.29, 0.717) is 11.7 Å². The van der Waals surface area contributed by atoms with Gasteiger partial charge in [-0.15, -0.1) is 5.10 Å². The van der Waals surface area contributed by atoms with E-state index < -0.39 is 0 Å². The van der Waals surface area contributed by atoms with Crippen LogP contribution in [-0.2, 0) is 12.3 Å². The molecule has 1 N–H and O–H groups in total. The maximum absolute atomic E-state index is 8.96. The number of benzene rings is 1. The van der Waals surface area contributed by atoms with Crippen molar-refractivity contribution >= 4 is 22.7 Å². The molecule has 0 saturated carbocycles. The minimum Gasteiger partial charge on any atom is -0.394 e. The molecule has 0 bridgehead atoms. The number of fused-ring (bicyclic) bond motifs is 1. The maximum atomic E-state index is 8.96. The molecule has 3 rings (SSSR count). The minimum absolute atomic E-state index is 0.0246. The van der Waals surface area contributed by atoms with Gasteiger partial charge in [-0.25, -0.2) is 4.68 Å². The Labute approximate surface area is 119 Å². The second-order valence-corrected chi connectivity index (χ2v) is 5.13. The van der Waals surface area contributed by atoms with Crippen molar-refractivity contribution in [2.24, 2.45) is 0 Å². The molecule has 1 aromatic carbocycles. The van der Waals surface area contributed by atoms with Crippen molar-refractivity contribution in [1.82, 2.24) is 25.2 Å². The highest BCUT2D eigenvalue weighted by Gasteiger charge is 2.08. The SMILES string of the molecule is OCCn1nnnc1SCc1ccnc2ccccc12. The molecule has 7 heteroatoms. The van der Waals surface area contributed by atoms with Gasteiger partial charge >= 0.3 is 0 Å². The van der Waals surface area contributed by atoms with Gasteiger partial charge < -0.3 is 5.11 Å². The van der Waals surface area contributed by atoms with Crippen LogP contribution in [0.3, 0.4) is 0 Å². The Bertz CT molecular complexity index is 709. The first-order valence-corrected chi connectivity index (χ1v) is 7.19. The van der Waals surface area contributed by atoms with Crippen LogP contribution in [0.15, 0.2) is 41.7 Å². The van der Waals surface area contributed by atoms with Gasteiger partial charge in [-0.05, 0) is 28.1 Å². The average molecular weight is 287 g/mol. The molecule has 102 valence electrons. The summed E-state index contributed by atoms with van der Waals surface area (Å²) in [6, 6.07) is 10.1. The Morgan fingerprint density at radius 3 is 3.00 bits per heavy atom. The molecule has 0 spiro atoms. The van der Waals surface area contributed by atoms with Crippen LogP contribution in [0.4, 0.5) is 0 Å². The van der Waals surface area contributed by atoms with Crippen LogP contribution in [0.5, 0.6) is 0 Å². The predicted molar refractivity (Wildman–Crippen MR) is 76.2 cm³/mol. The van der Waals surface area contributed by atoms with Crippen molar-refractivity contribution in [3.05, 3.63) is 42.1 Å². The molecule has 0 fully saturated rings. The van der Waals surface area contributed by atoms with E-state index in [1.807, 2.05) is 30.5 Å². The van der Waals surface area contributed by atoms with Crippen molar-refractivity contribution in [3.8, 4) is 0 Å². The van der Waals surface area contributed by atoms with Gasteiger partial charge in [-0.2, -0.15) is 0 Å². The topological polar surface area (TPSA) is 76.7 Å². The third kappa shape index (κ3) is 2.63. The lowest BCUT2D eigenvalue weighted by molar-refractivity contribution is 0.262. The number of pyridine rings is 1. The number of thioether (sulfide) groups is 1. The molecule has 3 aromatic rings. The lowest BCUT2D eigenvalue weighted by Crippen LogP contribution is -2.05. The van der Waals surface area contributed by atoms with Gasteiger partial charge in [0.2, 0.25) is 5.16 Å². The zero-order valence-corrected chi connectivity index (χ0v) is 11.5. The van der Waals surface area contributed by atoms with E-state index in [4.69, 9.17) is 5.11 Å². The Kier molecular flexibility index (Phi) is 3.89.